The molecule has 12 saturated carbocycles. The topological polar surface area (TPSA) is 27.7 Å². The molecule has 3 heteroatoms. The van der Waals surface area contributed by atoms with Gasteiger partial charge in [0, 0.05) is 6.61 Å². The molecule has 12 rings (SSSR count). The standard InChI is InChI=1S/C17H30O.C16H28O.C15H26O/c1-12(2)13(3)18-5-4-17-9-14-6-15(10-17)8-16(7-14)11-17;1-11(2)12(3)17-10-16-7-13-4-14(8-16)6-15(5-13)9-16;1-10(2)11(3)16-15-7-12-4-13(8-15)6-14(5-12)9-15/h12-16H,4-11H2,1-3H3;11-15H,4-10H2,1-3H3;10-14H,4-9H2,1-3H3. The summed E-state index contributed by atoms with van der Waals surface area (Å²) in [6.07, 6.45) is 29.6. The Morgan fingerprint density at radius 2 is 0.706 bits per heavy atom. The highest BCUT2D eigenvalue weighted by molar-refractivity contribution is 5.04. The number of ether oxygens (including phenoxy) is 3. The van der Waals surface area contributed by atoms with Gasteiger partial charge in [0.2, 0.25) is 0 Å². The summed E-state index contributed by atoms with van der Waals surface area (Å²) in [6.45, 7) is 22.4. The Labute approximate surface area is 316 Å². The fourth-order valence-corrected chi connectivity index (χ4v) is 14.9. The summed E-state index contributed by atoms with van der Waals surface area (Å²) in [6, 6.07) is 0. The second-order valence-corrected chi connectivity index (χ2v) is 22.8. The zero-order valence-electron chi connectivity index (χ0n) is 35.2. The molecule has 0 spiro atoms. The van der Waals surface area contributed by atoms with Gasteiger partial charge in [-0.3, -0.25) is 0 Å². The summed E-state index contributed by atoms with van der Waals surface area (Å²) in [5.74, 6) is 11.4. The van der Waals surface area contributed by atoms with E-state index >= 15 is 0 Å². The monoisotopic (exact) mass is 709 g/mol. The molecule has 0 radical (unpaired) electrons. The molecule has 12 fully saturated rings. The molecular formula is C48H84O3. The van der Waals surface area contributed by atoms with Gasteiger partial charge in [0.05, 0.1) is 30.5 Å². The third-order valence-corrected chi connectivity index (χ3v) is 17.2. The Balaban J connectivity index is 0.000000120. The quantitative estimate of drug-likeness (QED) is 0.202. The van der Waals surface area contributed by atoms with Crippen molar-refractivity contribution >= 4 is 0 Å². The van der Waals surface area contributed by atoms with Crippen molar-refractivity contribution in [1.82, 2.24) is 0 Å². The smallest absolute Gasteiger partial charge is 0.0694 e. The summed E-state index contributed by atoms with van der Waals surface area (Å²) in [4.78, 5) is 0. The van der Waals surface area contributed by atoms with Gasteiger partial charge < -0.3 is 14.2 Å². The van der Waals surface area contributed by atoms with Gasteiger partial charge in [0.15, 0.2) is 0 Å². The first-order valence-electron chi connectivity index (χ1n) is 23.1. The Bertz CT molecular complexity index is 1010. The summed E-state index contributed by atoms with van der Waals surface area (Å²) in [7, 11) is 0. The van der Waals surface area contributed by atoms with E-state index in [0.717, 1.165) is 66.5 Å². The Hall–Kier alpha value is -0.120. The lowest BCUT2D eigenvalue weighted by atomic mass is 9.49. The van der Waals surface area contributed by atoms with Crippen LogP contribution in [0.2, 0.25) is 0 Å². The molecule has 3 unspecified atom stereocenters. The summed E-state index contributed by atoms with van der Waals surface area (Å²) < 4.78 is 18.7. The van der Waals surface area contributed by atoms with Crippen LogP contribution in [0.1, 0.15) is 184 Å². The molecule has 0 amide bonds. The van der Waals surface area contributed by atoms with Crippen molar-refractivity contribution in [3.63, 3.8) is 0 Å². The molecule has 0 aromatic rings. The van der Waals surface area contributed by atoms with E-state index in [0.29, 0.717) is 52.5 Å². The van der Waals surface area contributed by atoms with Crippen LogP contribution in [0.4, 0.5) is 0 Å². The molecule has 0 saturated heterocycles. The zero-order valence-corrected chi connectivity index (χ0v) is 35.2. The van der Waals surface area contributed by atoms with E-state index < -0.39 is 0 Å². The van der Waals surface area contributed by atoms with E-state index in [4.69, 9.17) is 14.2 Å². The fourth-order valence-electron chi connectivity index (χ4n) is 14.9. The number of hydrogen-bond acceptors (Lipinski definition) is 3. The van der Waals surface area contributed by atoms with Crippen LogP contribution in [0.3, 0.4) is 0 Å². The summed E-state index contributed by atoms with van der Waals surface area (Å²) in [5, 5.41) is 0. The molecule has 3 nitrogen and oxygen atoms in total. The lowest BCUT2D eigenvalue weighted by molar-refractivity contribution is -0.191. The van der Waals surface area contributed by atoms with Crippen molar-refractivity contribution in [3.05, 3.63) is 0 Å². The third-order valence-electron chi connectivity index (χ3n) is 17.2. The molecule has 51 heavy (non-hydrogen) atoms. The average Bonchev–Trinajstić information content (AvgIpc) is 3.02. The van der Waals surface area contributed by atoms with Crippen LogP contribution >= 0.6 is 0 Å². The maximum atomic E-state index is 6.51. The predicted molar refractivity (Wildman–Crippen MR) is 213 cm³/mol. The molecule has 0 aromatic carbocycles. The molecule has 294 valence electrons. The van der Waals surface area contributed by atoms with Gasteiger partial charge in [-0.2, -0.15) is 0 Å². The highest BCUT2D eigenvalue weighted by Gasteiger charge is 2.53. The zero-order chi connectivity index (χ0) is 36.1. The van der Waals surface area contributed by atoms with Crippen LogP contribution in [0, 0.1) is 81.8 Å². The van der Waals surface area contributed by atoms with Crippen molar-refractivity contribution in [2.45, 2.75) is 208 Å². The normalized spacial score (nSPS) is 45.5. The second kappa shape index (κ2) is 15.8. The van der Waals surface area contributed by atoms with E-state index in [1.165, 1.54) is 103 Å². The van der Waals surface area contributed by atoms with Gasteiger partial charge in [-0.1, -0.05) is 41.5 Å². The van der Waals surface area contributed by atoms with Gasteiger partial charge >= 0.3 is 0 Å². The Morgan fingerprint density at radius 3 is 1.06 bits per heavy atom. The van der Waals surface area contributed by atoms with Crippen LogP contribution in [-0.4, -0.2) is 37.1 Å². The lowest BCUT2D eigenvalue weighted by Gasteiger charge is -2.57. The molecule has 12 aliphatic rings. The Kier molecular flexibility index (Phi) is 12.1. The first kappa shape index (κ1) is 39.1. The molecule has 0 N–H and O–H groups in total. The van der Waals surface area contributed by atoms with Crippen molar-refractivity contribution in [1.29, 1.82) is 0 Å². The molecule has 3 atom stereocenters. The van der Waals surface area contributed by atoms with Gasteiger partial charge in [0.1, 0.15) is 0 Å². The van der Waals surface area contributed by atoms with Crippen LogP contribution in [-0.2, 0) is 14.2 Å². The average molecular weight is 709 g/mol. The van der Waals surface area contributed by atoms with Crippen molar-refractivity contribution in [3.8, 4) is 0 Å². The summed E-state index contributed by atoms with van der Waals surface area (Å²) in [5.41, 5.74) is 1.60. The van der Waals surface area contributed by atoms with Gasteiger partial charge in [-0.25, -0.2) is 0 Å². The van der Waals surface area contributed by atoms with Gasteiger partial charge in [0.25, 0.3) is 0 Å². The number of hydrogen-bond donors (Lipinski definition) is 0. The molecule has 12 aliphatic carbocycles. The van der Waals surface area contributed by atoms with Gasteiger partial charge in [-0.15, -0.1) is 0 Å². The van der Waals surface area contributed by atoms with Crippen molar-refractivity contribution in [2.75, 3.05) is 13.2 Å². The minimum Gasteiger partial charge on any atom is -0.378 e. The van der Waals surface area contributed by atoms with Gasteiger partial charge in [-0.05, 0) is 225 Å². The van der Waals surface area contributed by atoms with E-state index in [1.807, 2.05) is 0 Å². The SMILES string of the molecule is CC(C)C(C)OC12CC3CC(CC(C3)C1)C2.CC(C)C(C)OCC12CC3CC(CC(C3)C1)C2.CC(C)C(C)OCCC12CC3CC(CC(C3)C1)C2. The van der Waals surface area contributed by atoms with E-state index in [9.17, 15) is 0 Å². The maximum Gasteiger partial charge on any atom is 0.0694 e. The highest BCUT2D eigenvalue weighted by atomic mass is 16.5. The largest absolute Gasteiger partial charge is 0.378 e. The fraction of sp³-hybridized carbons (Fsp3) is 1.00. The second-order valence-electron chi connectivity index (χ2n) is 22.8. The molecule has 0 aromatic heterocycles. The molecule has 12 bridgehead atoms. The highest BCUT2D eigenvalue weighted by Crippen LogP contribution is 2.62. The lowest BCUT2D eigenvalue weighted by Crippen LogP contribution is -2.53. The van der Waals surface area contributed by atoms with Crippen molar-refractivity contribution < 1.29 is 14.2 Å². The molecule has 0 heterocycles. The van der Waals surface area contributed by atoms with Crippen LogP contribution < -0.4 is 0 Å². The van der Waals surface area contributed by atoms with Crippen LogP contribution in [0.15, 0.2) is 0 Å². The predicted octanol–water partition coefficient (Wildman–Crippen LogP) is 12.9. The molecular weight excluding hydrogens is 625 g/mol. The summed E-state index contributed by atoms with van der Waals surface area (Å²) >= 11 is 0. The first-order valence-corrected chi connectivity index (χ1v) is 23.1. The van der Waals surface area contributed by atoms with E-state index in [-0.39, 0.29) is 0 Å². The van der Waals surface area contributed by atoms with Crippen LogP contribution in [0.25, 0.3) is 0 Å². The van der Waals surface area contributed by atoms with E-state index in [1.54, 1.807) is 19.3 Å². The Morgan fingerprint density at radius 1 is 0.392 bits per heavy atom. The number of rotatable bonds is 12. The minimum atomic E-state index is 0.304. The van der Waals surface area contributed by atoms with Crippen molar-refractivity contribution in [2.24, 2.45) is 81.8 Å². The molecule has 0 aliphatic heterocycles. The first-order chi connectivity index (χ1) is 24.2. The maximum absolute atomic E-state index is 6.51. The minimum absolute atomic E-state index is 0.304. The third kappa shape index (κ3) is 9.30. The van der Waals surface area contributed by atoms with Crippen LogP contribution in [0.5, 0.6) is 0 Å². The van der Waals surface area contributed by atoms with E-state index in [2.05, 4.69) is 62.3 Å².